The third-order valence-electron chi connectivity index (χ3n) is 6.16. The smallest absolute Gasteiger partial charge is 0.127 e. The first kappa shape index (κ1) is 21.1. The van der Waals surface area contributed by atoms with Crippen molar-refractivity contribution in [2.24, 2.45) is 0 Å². The lowest BCUT2D eigenvalue weighted by Crippen LogP contribution is -2.37. The lowest BCUT2D eigenvalue weighted by atomic mass is 9.84. The summed E-state index contributed by atoms with van der Waals surface area (Å²) in [5.74, 6) is 2.21. The minimum Gasteiger partial charge on any atom is -0.493 e. The van der Waals surface area contributed by atoms with Gasteiger partial charge in [0, 0.05) is 5.56 Å². The lowest BCUT2D eigenvalue weighted by Gasteiger charge is -2.38. The normalized spacial score (nSPS) is 19.2. The average molecular weight is 361 g/mol. The zero-order valence-electron chi connectivity index (χ0n) is 18.1. The molecule has 2 heteroatoms. The largest absolute Gasteiger partial charge is 0.493 e. The van der Waals surface area contributed by atoms with Crippen LogP contribution in [0.25, 0.3) is 0 Å². The molecule has 0 saturated carbocycles. The van der Waals surface area contributed by atoms with Gasteiger partial charge in [0.15, 0.2) is 0 Å². The van der Waals surface area contributed by atoms with Gasteiger partial charge in [-0.2, -0.15) is 0 Å². The van der Waals surface area contributed by atoms with Crippen molar-refractivity contribution in [3.8, 4) is 11.5 Å². The molecule has 0 bridgehead atoms. The van der Waals surface area contributed by atoms with Crippen LogP contribution in [0.15, 0.2) is 0 Å². The van der Waals surface area contributed by atoms with Gasteiger partial charge in [0.1, 0.15) is 17.1 Å². The molecule has 0 amide bonds. The van der Waals surface area contributed by atoms with Crippen molar-refractivity contribution in [1.29, 1.82) is 0 Å². The maximum Gasteiger partial charge on any atom is 0.127 e. The van der Waals surface area contributed by atoms with Gasteiger partial charge in [0.05, 0.1) is 6.61 Å². The van der Waals surface area contributed by atoms with E-state index < -0.39 is 0 Å². The summed E-state index contributed by atoms with van der Waals surface area (Å²) >= 11 is 0. The summed E-state index contributed by atoms with van der Waals surface area (Å²) in [6.07, 6.45) is 12.9. The van der Waals surface area contributed by atoms with Crippen molar-refractivity contribution in [2.75, 3.05) is 6.61 Å². The predicted molar refractivity (Wildman–Crippen MR) is 112 cm³/mol. The highest BCUT2D eigenvalue weighted by Crippen LogP contribution is 2.44. The van der Waals surface area contributed by atoms with Crippen molar-refractivity contribution in [3.05, 3.63) is 22.3 Å². The van der Waals surface area contributed by atoms with E-state index in [0.717, 1.165) is 30.9 Å². The highest BCUT2D eigenvalue weighted by molar-refractivity contribution is 5.59. The lowest BCUT2D eigenvalue weighted by molar-refractivity contribution is 0.0521. The SMILES string of the molecule is CCCCCCCCCC1(C)CCc2c(C)c(OCC)c(C)c(C)c2O1. The molecule has 2 rings (SSSR count). The van der Waals surface area contributed by atoms with Gasteiger partial charge in [0.2, 0.25) is 0 Å². The Bertz CT molecular complexity index is 591. The van der Waals surface area contributed by atoms with Crippen molar-refractivity contribution < 1.29 is 9.47 Å². The highest BCUT2D eigenvalue weighted by Gasteiger charge is 2.34. The number of hydrogen-bond acceptors (Lipinski definition) is 2. The van der Waals surface area contributed by atoms with E-state index >= 15 is 0 Å². The molecular weight excluding hydrogens is 320 g/mol. The molecule has 148 valence electrons. The molecule has 1 heterocycles. The second kappa shape index (κ2) is 9.67. The van der Waals surface area contributed by atoms with Gasteiger partial charge >= 0.3 is 0 Å². The minimum absolute atomic E-state index is 0.00676. The number of hydrogen-bond donors (Lipinski definition) is 0. The van der Waals surface area contributed by atoms with Crippen LogP contribution in [-0.2, 0) is 6.42 Å². The maximum absolute atomic E-state index is 6.63. The molecule has 0 N–H and O–H groups in total. The molecule has 1 aliphatic rings. The molecule has 2 nitrogen and oxygen atoms in total. The molecule has 1 aliphatic heterocycles. The van der Waals surface area contributed by atoms with E-state index in [1.807, 2.05) is 0 Å². The van der Waals surface area contributed by atoms with Crippen molar-refractivity contribution >= 4 is 0 Å². The van der Waals surface area contributed by atoms with Crippen LogP contribution in [0, 0.1) is 20.8 Å². The second-order valence-electron chi connectivity index (χ2n) is 8.37. The van der Waals surface area contributed by atoms with Crippen LogP contribution < -0.4 is 9.47 Å². The Morgan fingerprint density at radius 3 is 2.19 bits per heavy atom. The van der Waals surface area contributed by atoms with Crippen molar-refractivity contribution in [3.63, 3.8) is 0 Å². The zero-order chi connectivity index (χ0) is 19.2. The number of fused-ring (bicyclic) bond motifs is 1. The first-order chi connectivity index (χ1) is 12.4. The van der Waals surface area contributed by atoms with Gasteiger partial charge in [0.25, 0.3) is 0 Å². The van der Waals surface area contributed by atoms with E-state index in [-0.39, 0.29) is 5.60 Å². The highest BCUT2D eigenvalue weighted by atomic mass is 16.5. The molecule has 1 aromatic carbocycles. The summed E-state index contributed by atoms with van der Waals surface area (Å²) in [5, 5.41) is 0. The Hall–Kier alpha value is -1.18. The molecule has 1 unspecified atom stereocenters. The Kier molecular flexibility index (Phi) is 7.85. The standard InChI is InChI=1S/C24H40O2/c1-7-9-10-11-12-13-14-16-24(6)17-15-21-20(5)22(25-8-2)18(3)19(4)23(21)26-24/h7-17H2,1-6H3. The first-order valence-electron chi connectivity index (χ1n) is 10.9. The molecule has 0 aromatic heterocycles. The van der Waals surface area contributed by atoms with E-state index in [2.05, 4.69) is 41.5 Å². The summed E-state index contributed by atoms with van der Waals surface area (Å²) in [6.45, 7) is 13.9. The van der Waals surface area contributed by atoms with E-state index in [9.17, 15) is 0 Å². The fourth-order valence-electron chi connectivity index (χ4n) is 4.27. The summed E-state index contributed by atoms with van der Waals surface area (Å²) < 4.78 is 12.6. The fraction of sp³-hybridized carbons (Fsp3) is 0.750. The third kappa shape index (κ3) is 4.96. The van der Waals surface area contributed by atoms with Crippen LogP contribution in [0.4, 0.5) is 0 Å². The third-order valence-corrected chi connectivity index (χ3v) is 6.16. The van der Waals surface area contributed by atoms with Crippen LogP contribution in [0.5, 0.6) is 11.5 Å². The average Bonchev–Trinajstić information content (AvgIpc) is 2.62. The van der Waals surface area contributed by atoms with Crippen molar-refractivity contribution in [2.45, 2.75) is 111 Å². The number of rotatable bonds is 10. The van der Waals surface area contributed by atoms with Crippen molar-refractivity contribution in [1.82, 2.24) is 0 Å². The Morgan fingerprint density at radius 1 is 0.885 bits per heavy atom. The van der Waals surface area contributed by atoms with Gasteiger partial charge in [-0.1, -0.05) is 45.4 Å². The molecule has 26 heavy (non-hydrogen) atoms. The number of ether oxygens (including phenoxy) is 2. The molecule has 0 saturated heterocycles. The second-order valence-corrected chi connectivity index (χ2v) is 8.37. The Labute approximate surface area is 161 Å². The fourth-order valence-corrected chi connectivity index (χ4v) is 4.27. The summed E-state index contributed by atoms with van der Waals surface area (Å²) in [6, 6.07) is 0. The predicted octanol–water partition coefficient (Wildman–Crippen LogP) is 7.23. The molecule has 0 fully saturated rings. The Balaban J connectivity index is 1.99. The van der Waals surface area contributed by atoms with Gasteiger partial charge in [-0.15, -0.1) is 0 Å². The van der Waals surface area contributed by atoms with Gasteiger partial charge in [-0.3, -0.25) is 0 Å². The Morgan fingerprint density at radius 2 is 1.54 bits per heavy atom. The molecular formula is C24H40O2. The topological polar surface area (TPSA) is 18.5 Å². The van der Waals surface area contributed by atoms with Crippen LogP contribution >= 0.6 is 0 Å². The van der Waals surface area contributed by atoms with E-state index in [1.54, 1.807) is 0 Å². The van der Waals surface area contributed by atoms with E-state index in [4.69, 9.17) is 9.47 Å². The van der Waals surface area contributed by atoms with Crippen LogP contribution in [0.1, 0.15) is 101 Å². The van der Waals surface area contributed by atoms with Gasteiger partial charge < -0.3 is 9.47 Å². The molecule has 0 radical (unpaired) electrons. The van der Waals surface area contributed by atoms with E-state index in [1.165, 1.54) is 73.6 Å². The molecule has 1 aromatic rings. The van der Waals surface area contributed by atoms with Crippen LogP contribution in [-0.4, -0.2) is 12.2 Å². The zero-order valence-corrected chi connectivity index (χ0v) is 18.1. The number of unbranched alkanes of at least 4 members (excludes halogenated alkanes) is 6. The quantitative estimate of drug-likeness (QED) is 0.410. The number of benzene rings is 1. The minimum atomic E-state index is -0.00676. The van der Waals surface area contributed by atoms with Crippen LogP contribution in [0.3, 0.4) is 0 Å². The monoisotopic (exact) mass is 360 g/mol. The molecule has 1 atom stereocenters. The molecule has 0 aliphatic carbocycles. The first-order valence-corrected chi connectivity index (χ1v) is 10.9. The van der Waals surface area contributed by atoms with Gasteiger partial charge in [-0.25, -0.2) is 0 Å². The summed E-state index contributed by atoms with van der Waals surface area (Å²) in [5.41, 5.74) is 5.15. The van der Waals surface area contributed by atoms with E-state index in [0.29, 0.717) is 0 Å². The van der Waals surface area contributed by atoms with Crippen LogP contribution in [0.2, 0.25) is 0 Å². The molecule has 0 spiro atoms. The van der Waals surface area contributed by atoms with Gasteiger partial charge in [-0.05, 0) is 77.0 Å². The summed E-state index contributed by atoms with van der Waals surface area (Å²) in [7, 11) is 0. The summed E-state index contributed by atoms with van der Waals surface area (Å²) in [4.78, 5) is 0. The maximum atomic E-state index is 6.63.